The lowest BCUT2D eigenvalue weighted by atomic mass is 10.5. The van der Waals surface area contributed by atoms with Gasteiger partial charge in [0.1, 0.15) is 0 Å². The van der Waals surface area contributed by atoms with E-state index in [4.69, 9.17) is 5.11 Å². The largest absolute Gasteiger partial charge is 0.478 e. The van der Waals surface area contributed by atoms with Crippen molar-refractivity contribution in [3.05, 3.63) is 12.2 Å². The summed E-state index contributed by atoms with van der Waals surface area (Å²) in [6.45, 7) is 2.18. The van der Waals surface area contributed by atoms with Crippen molar-refractivity contribution >= 4 is 11.9 Å². The minimum absolute atomic E-state index is 0.322. The molecule has 0 bridgehead atoms. The van der Waals surface area contributed by atoms with Gasteiger partial charge in [0, 0.05) is 12.2 Å². The SMILES string of the molecule is CCCOC(=O)/C=C\C(=O)O. The van der Waals surface area contributed by atoms with Crippen LogP contribution in [0.4, 0.5) is 0 Å². The summed E-state index contributed by atoms with van der Waals surface area (Å²) in [6.07, 6.45) is 2.36. The molecule has 0 aromatic rings. The van der Waals surface area contributed by atoms with Crippen LogP contribution in [0, 0.1) is 0 Å². The maximum atomic E-state index is 10.5. The fraction of sp³-hybridized carbons (Fsp3) is 0.429. The summed E-state index contributed by atoms with van der Waals surface area (Å²) in [5, 5.41) is 8.09. The Morgan fingerprint density at radius 2 is 2.09 bits per heavy atom. The maximum Gasteiger partial charge on any atom is 0.331 e. The van der Waals surface area contributed by atoms with Gasteiger partial charge in [-0.15, -0.1) is 0 Å². The van der Waals surface area contributed by atoms with Gasteiger partial charge >= 0.3 is 11.9 Å². The molecule has 4 heteroatoms. The molecule has 0 spiro atoms. The Hall–Kier alpha value is -1.32. The molecule has 0 aromatic heterocycles. The smallest absolute Gasteiger partial charge is 0.331 e. The first kappa shape index (κ1) is 9.68. The van der Waals surface area contributed by atoms with Crippen LogP contribution in [0.15, 0.2) is 12.2 Å². The number of esters is 1. The summed E-state index contributed by atoms with van der Waals surface area (Å²) in [4.78, 5) is 20.4. The van der Waals surface area contributed by atoms with Gasteiger partial charge in [0.25, 0.3) is 0 Å². The van der Waals surface area contributed by atoms with Crippen LogP contribution in [0.25, 0.3) is 0 Å². The average Bonchev–Trinajstić information content (AvgIpc) is 1.97. The van der Waals surface area contributed by atoms with Crippen molar-refractivity contribution in [3.8, 4) is 0 Å². The summed E-state index contributed by atoms with van der Waals surface area (Å²) in [7, 11) is 0. The molecular weight excluding hydrogens is 148 g/mol. The Labute approximate surface area is 64.5 Å². The van der Waals surface area contributed by atoms with E-state index in [9.17, 15) is 9.59 Å². The topological polar surface area (TPSA) is 63.6 Å². The number of carboxylic acid groups (broad SMARTS) is 1. The summed E-state index contributed by atoms with van der Waals surface area (Å²) in [5.74, 6) is -1.77. The number of carboxylic acids is 1. The fourth-order valence-electron chi connectivity index (χ4n) is 0.390. The fourth-order valence-corrected chi connectivity index (χ4v) is 0.390. The molecule has 62 valence electrons. The monoisotopic (exact) mass is 158 g/mol. The number of hydrogen-bond acceptors (Lipinski definition) is 3. The second kappa shape index (κ2) is 5.46. The molecule has 0 heterocycles. The molecule has 0 amide bonds. The number of aliphatic carboxylic acids is 1. The highest BCUT2D eigenvalue weighted by Gasteiger charge is 1.95. The predicted octanol–water partition coefficient (Wildman–Crippen LogP) is 0.580. The van der Waals surface area contributed by atoms with Gasteiger partial charge in [-0.2, -0.15) is 0 Å². The maximum absolute atomic E-state index is 10.5. The van der Waals surface area contributed by atoms with Crippen LogP contribution in [-0.4, -0.2) is 23.7 Å². The molecule has 11 heavy (non-hydrogen) atoms. The molecule has 0 aliphatic rings. The molecule has 0 saturated carbocycles. The van der Waals surface area contributed by atoms with Crippen LogP contribution < -0.4 is 0 Å². The highest BCUT2D eigenvalue weighted by molar-refractivity contribution is 5.90. The van der Waals surface area contributed by atoms with E-state index in [1.165, 1.54) is 0 Å². The minimum Gasteiger partial charge on any atom is -0.478 e. The Balaban J connectivity index is 3.60. The van der Waals surface area contributed by atoms with Crippen molar-refractivity contribution in [2.45, 2.75) is 13.3 Å². The number of carbonyl (C=O) groups excluding carboxylic acids is 1. The highest BCUT2D eigenvalue weighted by atomic mass is 16.5. The van der Waals surface area contributed by atoms with E-state index < -0.39 is 11.9 Å². The number of carbonyl (C=O) groups is 2. The molecule has 0 aliphatic heterocycles. The first-order valence-corrected chi connectivity index (χ1v) is 3.24. The van der Waals surface area contributed by atoms with Gasteiger partial charge in [0.15, 0.2) is 0 Å². The molecule has 0 rings (SSSR count). The van der Waals surface area contributed by atoms with Crippen LogP contribution in [0.3, 0.4) is 0 Å². The molecule has 1 N–H and O–H groups in total. The van der Waals surface area contributed by atoms with Gasteiger partial charge in [0.05, 0.1) is 6.61 Å². The zero-order chi connectivity index (χ0) is 8.69. The van der Waals surface area contributed by atoms with E-state index in [0.717, 1.165) is 18.6 Å². The molecule has 0 unspecified atom stereocenters. The van der Waals surface area contributed by atoms with Crippen molar-refractivity contribution in [3.63, 3.8) is 0 Å². The first-order chi connectivity index (χ1) is 5.16. The number of ether oxygens (including phenoxy) is 1. The quantitative estimate of drug-likeness (QED) is 0.480. The summed E-state index contributed by atoms with van der Waals surface area (Å²) >= 11 is 0. The van der Waals surface area contributed by atoms with Crippen molar-refractivity contribution in [2.75, 3.05) is 6.61 Å². The van der Waals surface area contributed by atoms with Gasteiger partial charge < -0.3 is 9.84 Å². The lowest BCUT2D eigenvalue weighted by Gasteiger charge is -1.95. The Bertz CT molecular complexity index is 171. The van der Waals surface area contributed by atoms with E-state index in [0.29, 0.717) is 6.61 Å². The van der Waals surface area contributed by atoms with Gasteiger partial charge in [-0.25, -0.2) is 9.59 Å². The molecule has 0 fully saturated rings. The van der Waals surface area contributed by atoms with E-state index in [-0.39, 0.29) is 0 Å². The van der Waals surface area contributed by atoms with Gasteiger partial charge in [0.2, 0.25) is 0 Å². The van der Waals surface area contributed by atoms with Crippen LogP contribution >= 0.6 is 0 Å². The van der Waals surface area contributed by atoms with Crippen LogP contribution in [0.1, 0.15) is 13.3 Å². The zero-order valence-electron chi connectivity index (χ0n) is 6.24. The second-order valence-electron chi connectivity index (χ2n) is 1.84. The summed E-state index contributed by atoms with van der Waals surface area (Å²) < 4.78 is 4.55. The minimum atomic E-state index is -1.15. The predicted molar refractivity (Wildman–Crippen MR) is 38.0 cm³/mol. The van der Waals surface area contributed by atoms with Crippen molar-refractivity contribution in [1.29, 1.82) is 0 Å². The van der Waals surface area contributed by atoms with E-state index in [1.54, 1.807) is 0 Å². The molecule has 4 nitrogen and oxygen atoms in total. The Morgan fingerprint density at radius 3 is 2.55 bits per heavy atom. The van der Waals surface area contributed by atoms with Gasteiger partial charge in [-0.1, -0.05) is 6.92 Å². The third kappa shape index (κ3) is 6.57. The Morgan fingerprint density at radius 1 is 1.45 bits per heavy atom. The van der Waals surface area contributed by atoms with E-state index in [2.05, 4.69) is 4.74 Å². The molecular formula is C7H10O4. The van der Waals surface area contributed by atoms with Crippen molar-refractivity contribution in [1.82, 2.24) is 0 Å². The second-order valence-corrected chi connectivity index (χ2v) is 1.84. The molecule has 0 aromatic carbocycles. The third-order valence-electron chi connectivity index (χ3n) is 0.810. The van der Waals surface area contributed by atoms with E-state index in [1.807, 2.05) is 6.92 Å². The normalized spacial score (nSPS) is 9.91. The van der Waals surface area contributed by atoms with Crippen molar-refractivity contribution in [2.24, 2.45) is 0 Å². The number of rotatable bonds is 4. The average molecular weight is 158 g/mol. The summed E-state index contributed by atoms with van der Waals surface area (Å²) in [6, 6.07) is 0. The van der Waals surface area contributed by atoms with Crippen LogP contribution in [0.2, 0.25) is 0 Å². The Kier molecular flexibility index (Phi) is 4.81. The van der Waals surface area contributed by atoms with E-state index >= 15 is 0 Å². The molecule has 0 aliphatic carbocycles. The van der Waals surface area contributed by atoms with Gasteiger partial charge in [-0.05, 0) is 6.42 Å². The molecule has 0 radical (unpaired) electrons. The third-order valence-corrected chi connectivity index (χ3v) is 0.810. The van der Waals surface area contributed by atoms with Crippen LogP contribution in [0.5, 0.6) is 0 Å². The standard InChI is InChI=1S/C7H10O4/c1-2-5-11-7(10)4-3-6(8)9/h3-4H,2,5H2,1H3,(H,8,9)/b4-3-. The van der Waals surface area contributed by atoms with Crippen LogP contribution in [-0.2, 0) is 14.3 Å². The zero-order valence-corrected chi connectivity index (χ0v) is 6.24. The lowest BCUT2D eigenvalue weighted by Crippen LogP contribution is -2.02. The molecule has 0 atom stereocenters. The highest BCUT2D eigenvalue weighted by Crippen LogP contribution is 1.84. The first-order valence-electron chi connectivity index (χ1n) is 3.24. The van der Waals surface area contributed by atoms with Crippen molar-refractivity contribution < 1.29 is 19.4 Å². The summed E-state index contributed by atoms with van der Waals surface area (Å²) in [5.41, 5.74) is 0. The number of hydrogen-bond donors (Lipinski definition) is 1. The molecule has 0 saturated heterocycles. The van der Waals surface area contributed by atoms with Gasteiger partial charge in [-0.3, -0.25) is 0 Å². The lowest BCUT2D eigenvalue weighted by molar-refractivity contribution is -0.138.